The summed E-state index contributed by atoms with van der Waals surface area (Å²) in [5.41, 5.74) is 7.33. The fourth-order valence-electron chi connectivity index (χ4n) is 2.18. The van der Waals surface area contributed by atoms with E-state index in [9.17, 15) is 4.79 Å². The number of morpholine rings is 1. The highest BCUT2D eigenvalue weighted by Gasteiger charge is 2.23. The summed E-state index contributed by atoms with van der Waals surface area (Å²) in [6.07, 6.45) is 0.908. The van der Waals surface area contributed by atoms with Gasteiger partial charge in [0.1, 0.15) is 0 Å². The normalized spacial score (nSPS) is 15.3. The van der Waals surface area contributed by atoms with Gasteiger partial charge in [0, 0.05) is 31.0 Å². The molecule has 1 aliphatic heterocycles. The van der Waals surface area contributed by atoms with Crippen LogP contribution in [0.2, 0.25) is 0 Å². The first-order valence-electron chi connectivity index (χ1n) is 6.72. The fourth-order valence-corrected chi connectivity index (χ4v) is 2.18. The molecule has 0 spiro atoms. The van der Waals surface area contributed by atoms with Crippen molar-refractivity contribution >= 4 is 17.4 Å². The molecule has 5 heteroatoms. The van der Waals surface area contributed by atoms with E-state index in [1.807, 2.05) is 29.2 Å². The van der Waals surface area contributed by atoms with Gasteiger partial charge in [-0.1, -0.05) is 13.0 Å². The van der Waals surface area contributed by atoms with Crippen molar-refractivity contribution in [1.82, 2.24) is 4.90 Å². The lowest BCUT2D eigenvalue weighted by Crippen LogP contribution is -2.48. The molecule has 1 aromatic carbocycles. The van der Waals surface area contributed by atoms with E-state index in [0.717, 1.165) is 12.1 Å². The van der Waals surface area contributed by atoms with Crippen molar-refractivity contribution in [2.24, 2.45) is 0 Å². The van der Waals surface area contributed by atoms with Gasteiger partial charge in [0.2, 0.25) is 0 Å². The molecule has 5 nitrogen and oxygen atoms in total. The van der Waals surface area contributed by atoms with Gasteiger partial charge < -0.3 is 15.4 Å². The predicted molar refractivity (Wildman–Crippen MR) is 76.3 cm³/mol. The van der Waals surface area contributed by atoms with Gasteiger partial charge >= 0.3 is 6.03 Å². The second-order valence-corrected chi connectivity index (χ2v) is 4.63. The van der Waals surface area contributed by atoms with Crippen LogP contribution in [-0.2, 0) is 4.74 Å². The molecule has 19 heavy (non-hydrogen) atoms. The number of carbonyl (C=O) groups excluding carboxylic acids is 1. The summed E-state index contributed by atoms with van der Waals surface area (Å²) in [5.74, 6) is 0. The molecule has 0 radical (unpaired) electrons. The van der Waals surface area contributed by atoms with Gasteiger partial charge in [0.15, 0.2) is 0 Å². The van der Waals surface area contributed by atoms with E-state index in [4.69, 9.17) is 10.5 Å². The van der Waals surface area contributed by atoms with Crippen molar-refractivity contribution in [2.45, 2.75) is 13.3 Å². The maximum atomic E-state index is 12.6. The Hall–Kier alpha value is -1.75. The predicted octanol–water partition coefficient (Wildman–Crippen LogP) is 1.94. The van der Waals surface area contributed by atoms with Crippen molar-refractivity contribution in [3.63, 3.8) is 0 Å². The van der Waals surface area contributed by atoms with Gasteiger partial charge in [-0.3, -0.25) is 4.90 Å². The molecule has 1 heterocycles. The molecule has 2 amide bonds. The second kappa shape index (κ2) is 6.43. The lowest BCUT2D eigenvalue weighted by molar-refractivity contribution is 0.0548. The fraction of sp³-hybridized carbons (Fsp3) is 0.500. The zero-order chi connectivity index (χ0) is 13.7. The minimum absolute atomic E-state index is 0.0377. The van der Waals surface area contributed by atoms with Crippen LogP contribution in [0.25, 0.3) is 0 Å². The lowest BCUT2D eigenvalue weighted by Gasteiger charge is -2.33. The highest BCUT2D eigenvalue weighted by molar-refractivity contribution is 5.92. The number of nitrogens with two attached hydrogens (primary N) is 1. The molecule has 0 bridgehead atoms. The van der Waals surface area contributed by atoms with Crippen molar-refractivity contribution in [1.29, 1.82) is 0 Å². The topological polar surface area (TPSA) is 58.8 Å². The minimum Gasteiger partial charge on any atom is -0.399 e. The molecular formula is C14H21N3O2. The molecule has 1 fully saturated rings. The molecule has 0 saturated carbocycles. The Morgan fingerprint density at radius 2 is 2.16 bits per heavy atom. The smallest absolute Gasteiger partial charge is 0.324 e. The Kier molecular flexibility index (Phi) is 4.63. The second-order valence-electron chi connectivity index (χ2n) is 4.63. The monoisotopic (exact) mass is 263 g/mol. The van der Waals surface area contributed by atoms with Gasteiger partial charge in [-0.05, 0) is 24.6 Å². The van der Waals surface area contributed by atoms with Gasteiger partial charge in [-0.2, -0.15) is 0 Å². The third kappa shape index (κ3) is 3.38. The average Bonchev–Trinajstić information content (AvgIpc) is 2.45. The van der Waals surface area contributed by atoms with Crippen LogP contribution in [0.1, 0.15) is 13.3 Å². The number of hydrogen-bond donors (Lipinski definition) is 1. The molecule has 2 N–H and O–H groups in total. The summed E-state index contributed by atoms with van der Waals surface area (Å²) in [6.45, 7) is 5.29. The van der Waals surface area contributed by atoms with Crippen LogP contribution in [0.5, 0.6) is 0 Å². The first-order valence-corrected chi connectivity index (χ1v) is 6.72. The van der Waals surface area contributed by atoms with Gasteiger partial charge in [-0.15, -0.1) is 0 Å². The zero-order valence-corrected chi connectivity index (χ0v) is 11.3. The number of amides is 2. The van der Waals surface area contributed by atoms with Gasteiger partial charge in [-0.25, -0.2) is 4.79 Å². The Morgan fingerprint density at radius 3 is 2.79 bits per heavy atom. The maximum absolute atomic E-state index is 12.6. The molecule has 0 unspecified atom stereocenters. The molecule has 0 aliphatic carbocycles. The molecule has 1 aromatic rings. The molecule has 1 saturated heterocycles. The van der Waals surface area contributed by atoms with Gasteiger partial charge in [0.25, 0.3) is 0 Å². The highest BCUT2D eigenvalue weighted by atomic mass is 16.5. The SMILES string of the molecule is CCCN(C(=O)N1CCOCC1)c1cccc(N)c1. The molecular weight excluding hydrogens is 242 g/mol. The molecule has 0 atom stereocenters. The van der Waals surface area contributed by atoms with Crippen molar-refractivity contribution < 1.29 is 9.53 Å². The van der Waals surface area contributed by atoms with Crippen LogP contribution >= 0.6 is 0 Å². The number of urea groups is 1. The summed E-state index contributed by atoms with van der Waals surface area (Å²) >= 11 is 0. The zero-order valence-electron chi connectivity index (χ0n) is 11.3. The van der Waals surface area contributed by atoms with Crippen LogP contribution in [0.3, 0.4) is 0 Å². The number of nitrogens with zero attached hydrogens (tertiary/aromatic N) is 2. The standard InChI is InChI=1S/C14H21N3O2/c1-2-6-17(13-5-3-4-12(15)11-13)14(18)16-7-9-19-10-8-16/h3-5,11H,2,6-10,15H2,1H3. The van der Waals surface area contributed by atoms with Crippen molar-refractivity contribution in [3.05, 3.63) is 24.3 Å². The average molecular weight is 263 g/mol. The summed E-state index contributed by atoms with van der Waals surface area (Å²) in [4.78, 5) is 16.2. The number of ether oxygens (including phenoxy) is 1. The largest absolute Gasteiger partial charge is 0.399 e. The lowest BCUT2D eigenvalue weighted by atomic mass is 10.2. The summed E-state index contributed by atoms with van der Waals surface area (Å²) < 4.78 is 5.28. The number of nitrogen functional groups attached to an aromatic ring is 1. The third-order valence-corrected chi connectivity index (χ3v) is 3.14. The van der Waals surface area contributed by atoms with E-state index in [-0.39, 0.29) is 6.03 Å². The first kappa shape index (κ1) is 13.7. The van der Waals surface area contributed by atoms with Crippen LogP contribution in [0.4, 0.5) is 16.2 Å². The summed E-state index contributed by atoms with van der Waals surface area (Å²) in [5, 5.41) is 0. The molecule has 104 valence electrons. The summed E-state index contributed by atoms with van der Waals surface area (Å²) in [7, 11) is 0. The number of anilines is 2. The highest BCUT2D eigenvalue weighted by Crippen LogP contribution is 2.20. The molecule has 2 rings (SSSR count). The van der Waals surface area contributed by atoms with E-state index in [0.29, 0.717) is 38.5 Å². The van der Waals surface area contributed by atoms with E-state index >= 15 is 0 Å². The van der Waals surface area contributed by atoms with Crippen LogP contribution in [0, 0.1) is 0 Å². The Morgan fingerprint density at radius 1 is 1.42 bits per heavy atom. The number of carbonyl (C=O) groups is 1. The Balaban J connectivity index is 2.16. The number of hydrogen-bond acceptors (Lipinski definition) is 3. The van der Waals surface area contributed by atoms with E-state index in [2.05, 4.69) is 6.92 Å². The van der Waals surface area contributed by atoms with Crippen molar-refractivity contribution in [3.8, 4) is 0 Å². The van der Waals surface area contributed by atoms with Crippen LogP contribution in [0.15, 0.2) is 24.3 Å². The molecule has 0 aromatic heterocycles. The van der Waals surface area contributed by atoms with Crippen LogP contribution in [-0.4, -0.2) is 43.8 Å². The summed E-state index contributed by atoms with van der Waals surface area (Å²) in [6, 6.07) is 7.50. The van der Waals surface area contributed by atoms with E-state index in [1.165, 1.54) is 0 Å². The maximum Gasteiger partial charge on any atom is 0.324 e. The third-order valence-electron chi connectivity index (χ3n) is 3.14. The van der Waals surface area contributed by atoms with Crippen molar-refractivity contribution in [2.75, 3.05) is 43.5 Å². The number of benzene rings is 1. The van der Waals surface area contributed by atoms with Crippen LogP contribution < -0.4 is 10.6 Å². The number of rotatable bonds is 3. The first-order chi connectivity index (χ1) is 9.22. The van der Waals surface area contributed by atoms with E-state index in [1.54, 1.807) is 4.90 Å². The molecule has 1 aliphatic rings. The van der Waals surface area contributed by atoms with Gasteiger partial charge in [0.05, 0.1) is 13.2 Å². The Labute approximate surface area is 113 Å². The quantitative estimate of drug-likeness (QED) is 0.848. The minimum atomic E-state index is 0.0377. The van der Waals surface area contributed by atoms with E-state index < -0.39 is 0 Å². The Bertz CT molecular complexity index is 430.